The summed E-state index contributed by atoms with van der Waals surface area (Å²) in [6.45, 7) is 8.13. The van der Waals surface area contributed by atoms with Crippen LogP contribution in [0, 0.1) is 23.7 Å². The van der Waals surface area contributed by atoms with Crippen LogP contribution in [0.5, 0.6) is 5.75 Å². The molecule has 3 nitrogen and oxygen atoms in total. The van der Waals surface area contributed by atoms with E-state index in [1.54, 1.807) is 0 Å². The molecule has 114 valence electrons. The van der Waals surface area contributed by atoms with Crippen molar-refractivity contribution in [2.24, 2.45) is 5.41 Å². The average Bonchev–Trinajstić information content (AvgIpc) is 3.24. The van der Waals surface area contributed by atoms with Crippen molar-refractivity contribution >= 4 is 0 Å². The van der Waals surface area contributed by atoms with E-state index >= 15 is 0 Å². The Morgan fingerprint density at radius 1 is 1.43 bits per heavy atom. The van der Waals surface area contributed by atoms with Crippen LogP contribution >= 0.6 is 0 Å². The maximum absolute atomic E-state index is 8.90. The smallest absolute Gasteiger partial charge is 0.124 e. The highest BCUT2D eigenvalue weighted by Crippen LogP contribution is 2.49. The Bertz CT molecular complexity index is 514. The standard InChI is InChI=1S/C18H26N2O/c1-4-11-20-15(3)16-12-14(2)5-6-17(16)21-13-18(7-8-18)9-10-19/h5-6,12,15,20H,4,7-9,11,13H2,1-3H3. The number of hydrogen-bond donors (Lipinski definition) is 1. The van der Waals surface area contributed by atoms with Crippen molar-refractivity contribution in [2.75, 3.05) is 13.2 Å². The van der Waals surface area contributed by atoms with Gasteiger partial charge in [-0.1, -0.05) is 24.6 Å². The Hall–Kier alpha value is -1.53. The fraction of sp³-hybridized carbons (Fsp3) is 0.611. The number of rotatable bonds is 8. The molecule has 1 unspecified atom stereocenters. The number of nitriles is 1. The number of hydrogen-bond acceptors (Lipinski definition) is 3. The fourth-order valence-corrected chi connectivity index (χ4v) is 2.56. The van der Waals surface area contributed by atoms with Crippen molar-refractivity contribution < 1.29 is 4.74 Å². The molecule has 0 bridgehead atoms. The van der Waals surface area contributed by atoms with Crippen LogP contribution in [0.25, 0.3) is 0 Å². The zero-order valence-electron chi connectivity index (χ0n) is 13.4. The zero-order valence-corrected chi connectivity index (χ0v) is 13.4. The third-order valence-electron chi connectivity index (χ3n) is 4.28. The SMILES string of the molecule is CCCNC(C)c1cc(C)ccc1OCC1(CC#N)CC1. The van der Waals surface area contributed by atoms with Crippen molar-refractivity contribution in [1.29, 1.82) is 5.26 Å². The molecule has 1 atom stereocenters. The van der Waals surface area contributed by atoms with Gasteiger partial charge in [-0.3, -0.25) is 0 Å². The van der Waals surface area contributed by atoms with Gasteiger partial charge in [-0.25, -0.2) is 0 Å². The summed E-state index contributed by atoms with van der Waals surface area (Å²) < 4.78 is 6.08. The van der Waals surface area contributed by atoms with Crippen molar-refractivity contribution in [3.05, 3.63) is 29.3 Å². The van der Waals surface area contributed by atoms with Crippen molar-refractivity contribution in [1.82, 2.24) is 5.32 Å². The molecule has 1 saturated carbocycles. The Morgan fingerprint density at radius 2 is 2.19 bits per heavy atom. The third-order valence-corrected chi connectivity index (χ3v) is 4.28. The van der Waals surface area contributed by atoms with Crippen LogP contribution in [-0.4, -0.2) is 13.2 Å². The minimum absolute atomic E-state index is 0.122. The average molecular weight is 286 g/mol. The van der Waals surface area contributed by atoms with E-state index in [1.807, 2.05) is 0 Å². The quantitative estimate of drug-likeness (QED) is 0.781. The molecule has 1 aliphatic carbocycles. The summed E-state index contributed by atoms with van der Waals surface area (Å²) in [4.78, 5) is 0. The fourth-order valence-electron chi connectivity index (χ4n) is 2.56. The number of nitrogens with one attached hydrogen (secondary N) is 1. The third kappa shape index (κ3) is 4.22. The highest BCUT2D eigenvalue weighted by Gasteiger charge is 2.43. The minimum Gasteiger partial charge on any atom is -0.493 e. The van der Waals surface area contributed by atoms with Crippen LogP contribution in [-0.2, 0) is 0 Å². The lowest BCUT2D eigenvalue weighted by Crippen LogP contribution is -2.21. The first kappa shape index (κ1) is 15.9. The van der Waals surface area contributed by atoms with Gasteiger partial charge in [0.25, 0.3) is 0 Å². The first-order valence-corrected chi connectivity index (χ1v) is 7.94. The maximum atomic E-state index is 8.90. The number of benzene rings is 1. The Labute approximate surface area is 128 Å². The summed E-state index contributed by atoms with van der Waals surface area (Å²) in [7, 11) is 0. The van der Waals surface area contributed by atoms with Crippen molar-refractivity contribution in [3.8, 4) is 11.8 Å². The van der Waals surface area contributed by atoms with Gasteiger partial charge in [-0.2, -0.15) is 5.26 Å². The van der Waals surface area contributed by atoms with E-state index in [4.69, 9.17) is 10.00 Å². The lowest BCUT2D eigenvalue weighted by molar-refractivity contribution is 0.233. The van der Waals surface area contributed by atoms with Gasteiger partial charge < -0.3 is 10.1 Å². The second-order valence-corrected chi connectivity index (χ2v) is 6.34. The summed E-state index contributed by atoms with van der Waals surface area (Å²) >= 11 is 0. The highest BCUT2D eigenvalue weighted by molar-refractivity contribution is 5.39. The number of aryl methyl sites for hydroxylation is 1. The summed E-state index contributed by atoms with van der Waals surface area (Å²) in [5, 5.41) is 12.4. The first-order chi connectivity index (χ1) is 10.1. The van der Waals surface area contributed by atoms with Gasteiger partial charge in [0.05, 0.1) is 12.7 Å². The highest BCUT2D eigenvalue weighted by atomic mass is 16.5. The van der Waals surface area contributed by atoms with Crippen LogP contribution in [0.15, 0.2) is 18.2 Å². The lowest BCUT2D eigenvalue weighted by Gasteiger charge is -2.20. The molecule has 1 N–H and O–H groups in total. The summed E-state index contributed by atoms with van der Waals surface area (Å²) in [6.07, 6.45) is 3.96. The molecule has 0 spiro atoms. The van der Waals surface area contributed by atoms with Gasteiger partial charge in [0, 0.05) is 23.4 Å². The molecule has 2 rings (SSSR count). The molecule has 0 aromatic heterocycles. The zero-order chi connectivity index (χ0) is 15.3. The summed E-state index contributed by atoms with van der Waals surface area (Å²) in [6, 6.07) is 8.93. The van der Waals surface area contributed by atoms with Crippen LogP contribution in [0.1, 0.15) is 56.7 Å². The first-order valence-electron chi connectivity index (χ1n) is 7.94. The number of ether oxygens (including phenoxy) is 1. The molecule has 21 heavy (non-hydrogen) atoms. The van der Waals surface area contributed by atoms with E-state index in [-0.39, 0.29) is 11.5 Å². The molecular formula is C18H26N2O. The molecule has 1 fully saturated rings. The second-order valence-electron chi connectivity index (χ2n) is 6.34. The van der Waals surface area contributed by atoms with Crippen LogP contribution in [0.2, 0.25) is 0 Å². The Kier molecular flexibility index (Phi) is 5.25. The molecular weight excluding hydrogens is 260 g/mol. The summed E-state index contributed by atoms with van der Waals surface area (Å²) in [5.41, 5.74) is 2.59. The van der Waals surface area contributed by atoms with E-state index in [9.17, 15) is 0 Å². The molecule has 0 heterocycles. The second kappa shape index (κ2) is 6.95. The lowest BCUT2D eigenvalue weighted by atomic mass is 10.0. The summed E-state index contributed by atoms with van der Waals surface area (Å²) in [5.74, 6) is 0.959. The van der Waals surface area contributed by atoms with Crippen molar-refractivity contribution in [3.63, 3.8) is 0 Å². The minimum atomic E-state index is 0.122. The van der Waals surface area contributed by atoms with Gasteiger partial charge in [-0.15, -0.1) is 0 Å². The molecule has 1 aliphatic rings. The topological polar surface area (TPSA) is 45.0 Å². The van der Waals surface area contributed by atoms with E-state index in [1.165, 1.54) is 11.1 Å². The molecule has 0 saturated heterocycles. The van der Waals surface area contributed by atoms with E-state index in [0.29, 0.717) is 13.0 Å². The van der Waals surface area contributed by atoms with Gasteiger partial charge in [0.15, 0.2) is 0 Å². The number of nitrogens with zero attached hydrogens (tertiary/aromatic N) is 1. The van der Waals surface area contributed by atoms with Gasteiger partial charge in [0.1, 0.15) is 5.75 Å². The monoisotopic (exact) mass is 286 g/mol. The predicted molar refractivity (Wildman–Crippen MR) is 85.3 cm³/mol. The van der Waals surface area contributed by atoms with Crippen LogP contribution < -0.4 is 10.1 Å². The van der Waals surface area contributed by atoms with Gasteiger partial charge >= 0.3 is 0 Å². The maximum Gasteiger partial charge on any atom is 0.124 e. The Morgan fingerprint density at radius 3 is 2.81 bits per heavy atom. The molecule has 0 amide bonds. The van der Waals surface area contributed by atoms with E-state index in [2.05, 4.69) is 50.4 Å². The molecule has 1 aromatic rings. The molecule has 1 aromatic carbocycles. The molecule has 0 aliphatic heterocycles. The van der Waals surface area contributed by atoms with Crippen LogP contribution in [0.3, 0.4) is 0 Å². The normalized spacial score (nSPS) is 17.0. The van der Waals surface area contributed by atoms with Gasteiger partial charge in [-0.05, 0) is 45.7 Å². The largest absolute Gasteiger partial charge is 0.493 e. The predicted octanol–water partition coefficient (Wildman–Crippen LogP) is 4.13. The molecule has 0 radical (unpaired) electrons. The molecule has 3 heteroatoms. The van der Waals surface area contributed by atoms with E-state index < -0.39 is 0 Å². The van der Waals surface area contributed by atoms with Crippen molar-refractivity contribution in [2.45, 2.75) is 52.5 Å². The van der Waals surface area contributed by atoms with Gasteiger partial charge in [0.2, 0.25) is 0 Å². The van der Waals surface area contributed by atoms with Crippen LogP contribution in [0.4, 0.5) is 0 Å². The Balaban J connectivity index is 2.06. The van der Waals surface area contributed by atoms with E-state index in [0.717, 1.165) is 31.6 Å².